The third-order valence-electron chi connectivity index (χ3n) is 3.14. The van der Waals surface area contributed by atoms with Gasteiger partial charge in [-0.05, 0) is 0 Å². The minimum Gasteiger partial charge on any atom is -0.379 e. The molecule has 2 aromatic heterocycles. The van der Waals surface area contributed by atoms with Gasteiger partial charge in [0.05, 0.1) is 26.0 Å². The third-order valence-corrected chi connectivity index (χ3v) is 3.14. The summed E-state index contributed by atoms with van der Waals surface area (Å²) in [6.07, 6.45) is 6.91. The molecule has 3 heterocycles. The molecule has 19 heavy (non-hydrogen) atoms. The van der Waals surface area contributed by atoms with Gasteiger partial charge >= 0.3 is 0 Å². The summed E-state index contributed by atoms with van der Waals surface area (Å²) in [4.78, 5) is 10.3. The molecule has 0 radical (unpaired) electrons. The summed E-state index contributed by atoms with van der Waals surface area (Å²) in [7, 11) is 0. The van der Waals surface area contributed by atoms with E-state index in [9.17, 15) is 0 Å². The van der Waals surface area contributed by atoms with Crippen molar-refractivity contribution in [1.82, 2.24) is 29.9 Å². The molecular formula is C12H16N6O. The van der Waals surface area contributed by atoms with E-state index in [0.717, 1.165) is 50.7 Å². The SMILES string of the molecule is c1ncc(-c2cn(CCN3CCOCC3)nn2)cn1. The molecule has 0 bridgehead atoms. The van der Waals surface area contributed by atoms with Crippen LogP contribution in [-0.2, 0) is 11.3 Å². The number of nitrogens with zero attached hydrogens (tertiary/aromatic N) is 6. The van der Waals surface area contributed by atoms with Crippen LogP contribution in [0, 0.1) is 0 Å². The van der Waals surface area contributed by atoms with Crippen molar-refractivity contribution in [3.63, 3.8) is 0 Å². The maximum absolute atomic E-state index is 5.32. The quantitative estimate of drug-likeness (QED) is 0.774. The van der Waals surface area contributed by atoms with Gasteiger partial charge in [0.2, 0.25) is 0 Å². The number of ether oxygens (including phenoxy) is 1. The van der Waals surface area contributed by atoms with E-state index in [0.29, 0.717) is 0 Å². The fraction of sp³-hybridized carbons (Fsp3) is 0.500. The van der Waals surface area contributed by atoms with Gasteiger partial charge in [0.15, 0.2) is 0 Å². The molecule has 1 saturated heterocycles. The van der Waals surface area contributed by atoms with Gasteiger partial charge in [-0.1, -0.05) is 5.21 Å². The van der Waals surface area contributed by atoms with Crippen LogP contribution < -0.4 is 0 Å². The number of hydrogen-bond donors (Lipinski definition) is 0. The highest BCUT2D eigenvalue weighted by Crippen LogP contribution is 2.12. The minimum absolute atomic E-state index is 0.808. The first-order valence-electron chi connectivity index (χ1n) is 6.37. The van der Waals surface area contributed by atoms with Crippen LogP contribution in [0.3, 0.4) is 0 Å². The lowest BCUT2D eigenvalue weighted by atomic mass is 10.3. The van der Waals surface area contributed by atoms with E-state index in [-0.39, 0.29) is 0 Å². The van der Waals surface area contributed by atoms with Crippen LogP contribution in [0.2, 0.25) is 0 Å². The van der Waals surface area contributed by atoms with Crippen LogP contribution >= 0.6 is 0 Å². The predicted molar refractivity (Wildman–Crippen MR) is 68.3 cm³/mol. The van der Waals surface area contributed by atoms with Crippen molar-refractivity contribution < 1.29 is 4.74 Å². The second-order valence-corrected chi connectivity index (χ2v) is 4.45. The molecule has 0 aliphatic carbocycles. The second kappa shape index (κ2) is 5.85. The Kier molecular flexibility index (Phi) is 3.75. The summed E-state index contributed by atoms with van der Waals surface area (Å²) in [6.45, 7) is 5.44. The minimum atomic E-state index is 0.808. The zero-order valence-electron chi connectivity index (χ0n) is 10.6. The number of morpholine rings is 1. The zero-order valence-corrected chi connectivity index (χ0v) is 10.6. The monoisotopic (exact) mass is 260 g/mol. The highest BCUT2D eigenvalue weighted by atomic mass is 16.5. The summed E-state index contributed by atoms with van der Waals surface area (Å²) in [5.41, 5.74) is 1.70. The van der Waals surface area contributed by atoms with Crippen molar-refractivity contribution in [2.45, 2.75) is 6.54 Å². The molecule has 0 saturated carbocycles. The first kappa shape index (κ1) is 12.2. The van der Waals surface area contributed by atoms with Crippen molar-refractivity contribution in [2.24, 2.45) is 0 Å². The molecule has 0 unspecified atom stereocenters. The molecule has 7 heteroatoms. The van der Waals surface area contributed by atoms with Crippen molar-refractivity contribution >= 4 is 0 Å². The van der Waals surface area contributed by atoms with Gasteiger partial charge in [0, 0.05) is 37.6 Å². The van der Waals surface area contributed by atoms with Crippen molar-refractivity contribution in [2.75, 3.05) is 32.8 Å². The Bertz CT molecular complexity index is 508. The van der Waals surface area contributed by atoms with Crippen LogP contribution in [0.5, 0.6) is 0 Å². The third kappa shape index (κ3) is 3.12. The van der Waals surface area contributed by atoms with Gasteiger partial charge in [-0.25, -0.2) is 9.97 Å². The highest BCUT2D eigenvalue weighted by molar-refractivity contribution is 5.54. The van der Waals surface area contributed by atoms with E-state index in [1.54, 1.807) is 12.4 Å². The van der Waals surface area contributed by atoms with Gasteiger partial charge in [-0.15, -0.1) is 5.10 Å². The fourth-order valence-electron chi connectivity index (χ4n) is 2.04. The first-order valence-corrected chi connectivity index (χ1v) is 6.37. The molecule has 7 nitrogen and oxygen atoms in total. The summed E-state index contributed by atoms with van der Waals surface area (Å²) >= 11 is 0. The number of rotatable bonds is 4. The van der Waals surface area contributed by atoms with Crippen LogP contribution in [0.15, 0.2) is 24.9 Å². The van der Waals surface area contributed by atoms with E-state index in [1.165, 1.54) is 6.33 Å². The molecule has 0 aromatic carbocycles. The lowest BCUT2D eigenvalue weighted by molar-refractivity contribution is 0.0359. The van der Waals surface area contributed by atoms with Gasteiger partial charge < -0.3 is 4.74 Å². The lowest BCUT2D eigenvalue weighted by Crippen LogP contribution is -2.38. The summed E-state index contributed by atoms with van der Waals surface area (Å²) in [5.74, 6) is 0. The second-order valence-electron chi connectivity index (χ2n) is 4.45. The molecule has 1 aliphatic heterocycles. The van der Waals surface area contributed by atoms with E-state index < -0.39 is 0 Å². The molecule has 0 spiro atoms. The topological polar surface area (TPSA) is 69.0 Å². The van der Waals surface area contributed by atoms with E-state index in [4.69, 9.17) is 4.74 Å². The van der Waals surface area contributed by atoms with Crippen molar-refractivity contribution in [3.8, 4) is 11.3 Å². The van der Waals surface area contributed by atoms with Crippen LogP contribution in [0.4, 0.5) is 0 Å². The number of hydrogen-bond acceptors (Lipinski definition) is 6. The maximum atomic E-state index is 5.32. The van der Waals surface area contributed by atoms with E-state index in [2.05, 4.69) is 25.2 Å². The Morgan fingerprint density at radius 2 is 1.89 bits per heavy atom. The van der Waals surface area contributed by atoms with Gasteiger partial charge in [-0.2, -0.15) is 0 Å². The summed E-state index contributed by atoms with van der Waals surface area (Å²) < 4.78 is 7.18. The molecule has 0 N–H and O–H groups in total. The van der Waals surface area contributed by atoms with Gasteiger partial charge in [0.25, 0.3) is 0 Å². The van der Waals surface area contributed by atoms with E-state index in [1.807, 2.05) is 10.9 Å². The van der Waals surface area contributed by atoms with Crippen molar-refractivity contribution in [1.29, 1.82) is 0 Å². The Morgan fingerprint density at radius 1 is 1.11 bits per heavy atom. The predicted octanol–water partition coefficient (Wildman–Crippen LogP) is 0.0673. The Morgan fingerprint density at radius 3 is 2.68 bits per heavy atom. The molecule has 1 aliphatic rings. The van der Waals surface area contributed by atoms with Gasteiger partial charge in [0.1, 0.15) is 12.0 Å². The molecule has 100 valence electrons. The average Bonchev–Trinajstić information content (AvgIpc) is 2.96. The molecule has 0 amide bonds. The highest BCUT2D eigenvalue weighted by Gasteiger charge is 2.10. The summed E-state index contributed by atoms with van der Waals surface area (Å²) in [5, 5.41) is 8.27. The Hall–Kier alpha value is -1.86. The first-order chi connectivity index (χ1) is 9.42. The summed E-state index contributed by atoms with van der Waals surface area (Å²) in [6, 6.07) is 0. The zero-order chi connectivity index (χ0) is 12.9. The average molecular weight is 260 g/mol. The van der Waals surface area contributed by atoms with Crippen LogP contribution in [0.1, 0.15) is 0 Å². The van der Waals surface area contributed by atoms with Gasteiger partial charge in [-0.3, -0.25) is 9.58 Å². The molecule has 0 atom stereocenters. The van der Waals surface area contributed by atoms with Crippen LogP contribution in [-0.4, -0.2) is 62.7 Å². The Balaban J connectivity index is 1.59. The van der Waals surface area contributed by atoms with Crippen LogP contribution in [0.25, 0.3) is 11.3 Å². The normalized spacial score (nSPS) is 16.6. The molecular weight excluding hydrogens is 244 g/mol. The smallest absolute Gasteiger partial charge is 0.116 e. The maximum Gasteiger partial charge on any atom is 0.116 e. The largest absolute Gasteiger partial charge is 0.379 e. The molecule has 2 aromatic rings. The van der Waals surface area contributed by atoms with Crippen molar-refractivity contribution in [3.05, 3.63) is 24.9 Å². The fourth-order valence-corrected chi connectivity index (χ4v) is 2.04. The number of aromatic nitrogens is 5. The molecule has 3 rings (SSSR count). The Labute approximate surface area is 111 Å². The standard InChI is InChI=1S/C12H16N6O/c1(17-3-5-19-6-4-17)2-18-9-12(15-16-18)11-7-13-10-14-8-11/h7-10H,1-6H2. The lowest BCUT2D eigenvalue weighted by Gasteiger charge is -2.26. The molecule has 1 fully saturated rings. The van der Waals surface area contributed by atoms with E-state index >= 15 is 0 Å².